The maximum Gasteiger partial charge on any atom is 0.322 e. The predicted octanol–water partition coefficient (Wildman–Crippen LogP) is 1.48. The minimum atomic E-state index is -2.33. The van der Waals surface area contributed by atoms with Crippen molar-refractivity contribution in [3.8, 4) is 0 Å². The first-order valence-electron chi connectivity index (χ1n) is 8.30. The van der Waals surface area contributed by atoms with E-state index >= 15 is 0 Å². The molecule has 2 fully saturated rings. The zero-order valence-electron chi connectivity index (χ0n) is 13.5. The van der Waals surface area contributed by atoms with E-state index in [-0.39, 0.29) is 18.7 Å². The third-order valence-corrected chi connectivity index (χ3v) is 4.35. The lowest BCUT2D eigenvalue weighted by Gasteiger charge is -2.34. The van der Waals surface area contributed by atoms with Crippen molar-refractivity contribution >= 4 is 11.7 Å². The minimum absolute atomic E-state index is 0.191. The van der Waals surface area contributed by atoms with Crippen LogP contribution in [-0.2, 0) is 11.3 Å². The fraction of sp³-hybridized carbons (Fsp3) is 0.733. The molecule has 1 N–H and O–H groups in total. The number of aromatic nitrogens is 2. The summed E-state index contributed by atoms with van der Waals surface area (Å²) in [7, 11) is 0. The molecule has 0 bridgehead atoms. The molecule has 3 rings (SSSR count). The minimum Gasteiger partial charge on any atom is -0.376 e. The van der Waals surface area contributed by atoms with E-state index in [1.54, 1.807) is 26.9 Å². The lowest BCUT2D eigenvalue weighted by atomic mass is 10.2. The number of halogens is 2. The van der Waals surface area contributed by atoms with Crippen LogP contribution in [0.5, 0.6) is 0 Å². The van der Waals surface area contributed by atoms with Crippen LogP contribution in [0.2, 0.25) is 0 Å². The molecule has 24 heavy (non-hydrogen) atoms. The molecule has 1 aromatic rings. The van der Waals surface area contributed by atoms with E-state index in [1.165, 1.54) is 0 Å². The van der Waals surface area contributed by atoms with Gasteiger partial charge in [-0.3, -0.25) is 9.58 Å². The molecule has 2 aliphatic heterocycles. The summed E-state index contributed by atoms with van der Waals surface area (Å²) < 4.78 is 32.1. The highest BCUT2D eigenvalue weighted by atomic mass is 19.3. The van der Waals surface area contributed by atoms with Gasteiger partial charge in [0.25, 0.3) is 6.43 Å². The van der Waals surface area contributed by atoms with Gasteiger partial charge in [0.05, 0.1) is 31.1 Å². The van der Waals surface area contributed by atoms with Crippen LogP contribution < -0.4 is 5.32 Å². The number of anilines is 1. The van der Waals surface area contributed by atoms with Gasteiger partial charge in [0.2, 0.25) is 0 Å². The number of alkyl halides is 2. The number of nitrogens with one attached hydrogen (secondary N) is 1. The number of hydrogen-bond acceptors (Lipinski definition) is 4. The molecule has 0 unspecified atom stereocenters. The Balaban J connectivity index is 1.44. The average molecular weight is 343 g/mol. The molecule has 9 heteroatoms. The summed E-state index contributed by atoms with van der Waals surface area (Å²) >= 11 is 0. The monoisotopic (exact) mass is 343 g/mol. The first kappa shape index (κ1) is 17.1. The maximum absolute atomic E-state index is 12.4. The van der Waals surface area contributed by atoms with Crippen LogP contribution in [0.1, 0.15) is 12.8 Å². The van der Waals surface area contributed by atoms with Gasteiger partial charge in [-0.1, -0.05) is 0 Å². The van der Waals surface area contributed by atoms with E-state index in [9.17, 15) is 13.6 Å². The molecule has 134 valence electrons. The summed E-state index contributed by atoms with van der Waals surface area (Å²) in [6, 6.07) is -0.219. The Kier molecular flexibility index (Phi) is 5.62. The smallest absolute Gasteiger partial charge is 0.322 e. The topological polar surface area (TPSA) is 62.6 Å². The van der Waals surface area contributed by atoms with Gasteiger partial charge in [0, 0.05) is 39.0 Å². The summed E-state index contributed by atoms with van der Waals surface area (Å²) in [5, 5.41) is 7.04. The van der Waals surface area contributed by atoms with Crippen LogP contribution in [-0.4, -0.2) is 77.5 Å². The lowest BCUT2D eigenvalue weighted by Crippen LogP contribution is -2.50. The first-order valence-corrected chi connectivity index (χ1v) is 8.30. The Morgan fingerprint density at radius 3 is 2.83 bits per heavy atom. The fourth-order valence-electron chi connectivity index (χ4n) is 3.06. The second-order valence-electron chi connectivity index (χ2n) is 6.19. The summed E-state index contributed by atoms with van der Waals surface area (Å²) in [6.07, 6.45) is 3.36. The molecule has 0 saturated carbocycles. The second-order valence-corrected chi connectivity index (χ2v) is 6.19. The Hall–Kier alpha value is -1.74. The summed E-state index contributed by atoms with van der Waals surface area (Å²) in [5.74, 6) is 0. The van der Waals surface area contributed by atoms with Gasteiger partial charge in [-0.05, 0) is 12.8 Å². The van der Waals surface area contributed by atoms with E-state index in [1.807, 2.05) is 0 Å². The zero-order valence-corrected chi connectivity index (χ0v) is 13.5. The zero-order chi connectivity index (χ0) is 16.9. The second kappa shape index (κ2) is 7.89. The molecule has 2 aliphatic rings. The Labute approximate surface area is 139 Å². The molecular formula is C15H23F2N5O2. The normalized spacial score (nSPS) is 22.3. The molecule has 0 aromatic carbocycles. The van der Waals surface area contributed by atoms with Crippen molar-refractivity contribution in [2.75, 3.05) is 44.6 Å². The molecule has 1 atom stereocenters. The number of nitrogens with zero attached hydrogens (tertiary/aromatic N) is 4. The first-order chi connectivity index (χ1) is 11.6. The molecule has 7 nitrogen and oxygen atoms in total. The number of piperazine rings is 1. The predicted molar refractivity (Wildman–Crippen MR) is 84.2 cm³/mol. The van der Waals surface area contributed by atoms with Crippen molar-refractivity contribution in [3.05, 3.63) is 12.4 Å². The number of carbonyl (C=O) groups excluding carboxylic acids is 1. The number of carbonyl (C=O) groups is 1. The van der Waals surface area contributed by atoms with Crippen molar-refractivity contribution in [1.29, 1.82) is 0 Å². The van der Waals surface area contributed by atoms with Gasteiger partial charge in [-0.2, -0.15) is 5.10 Å². The fourth-order valence-corrected chi connectivity index (χ4v) is 3.06. The van der Waals surface area contributed by atoms with Crippen molar-refractivity contribution in [2.45, 2.75) is 31.9 Å². The SMILES string of the molecule is O=C(Nc1cnn(C[C@@H]2CCCO2)c1)N1CCN(CC(F)F)CC1. The number of amides is 2. The standard InChI is InChI=1S/C15H23F2N5O2/c16-14(17)11-20-3-5-21(6-4-20)15(23)19-12-8-18-22(9-12)10-13-2-1-7-24-13/h8-9,13-14H,1-7,10-11H2,(H,19,23)/t13-/m0/s1. The molecular weight excluding hydrogens is 320 g/mol. The van der Waals surface area contributed by atoms with E-state index in [4.69, 9.17) is 4.74 Å². The van der Waals surface area contributed by atoms with Gasteiger partial charge >= 0.3 is 6.03 Å². The average Bonchev–Trinajstić information content (AvgIpc) is 3.20. The highest BCUT2D eigenvalue weighted by molar-refractivity contribution is 5.89. The van der Waals surface area contributed by atoms with Crippen LogP contribution in [0.25, 0.3) is 0 Å². The van der Waals surface area contributed by atoms with Gasteiger partial charge in [-0.15, -0.1) is 0 Å². The quantitative estimate of drug-likeness (QED) is 0.880. The summed E-state index contributed by atoms with van der Waals surface area (Å²) in [5.41, 5.74) is 0.632. The Bertz CT molecular complexity index is 540. The van der Waals surface area contributed by atoms with Crippen molar-refractivity contribution in [1.82, 2.24) is 19.6 Å². The third kappa shape index (κ3) is 4.64. The largest absolute Gasteiger partial charge is 0.376 e. The van der Waals surface area contributed by atoms with E-state index < -0.39 is 6.43 Å². The lowest BCUT2D eigenvalue weighted by molar-refractivity contribution is 0.0651. The van der Waals surface area contributed by atoms with E-state index in [0.717, 1.165) is 19.4 Å². The van der Waals surface area contributed by atoms with Crippen molar-refractivity contribution in [2.24, 2.45) is 0 Å². The highest BCUT2D eigenvalue weighted by Gasteiger charge is 2.23. The van der Waals surface area contributed by atoms with Crippen LogP contribution in [0.15, 0.2) is 12.4 Å². The molecule has 0 aliphatic carbocycles. The Morgan fingerprint density at radius 2 is 2.17 bits per heavy atom. The molecule has 0 spiro atoms. The third-order valence-electron chi connectivity index (χ3n) is 4.35. The van der Waals surface area contributed by atoms with Crippen LogP contribution in [0.4, 0.5) is 19.3 Å². The number of rotatable bonds is 5. The summed E-state index contributed by atoms with van der Waals surface area (Å²) in [4.78, 5) is 15.5. The molecule has 2 amide bonds. The summed E-state index contributed by atoms with van der Waals surface area (Å²) in [6.45, 7) is 3.08. The number of hydrogen-bond donors (Lipinski definition) is 1. The van der Waals surface area contributed by atoms with Gasteiger partial charge < -0.3 is 15.0 Å². The van der Waals surface area contributed by atoms with E-state index in [2.05, 4.69) is 10.4 Å². The van der Waals surface area contributed by atoms with Crippen LogP contribution >= 0.6 is 0 Å². The Morgan fingerprint density at radius 1 is 1.38 bits per heavy atom. The number of ether oxygens (including phenoxy) is 1. The van der Waals surface area contributed by atoms with Gasteiger partial charge in [0.15, 0.2) is 0 Å². The van der Waals surface area contributed by atoms with Crippen molar-refractivity contribution in [3.63, 3.8) is 0 Å². The molecule has 0 radical (unpaired) electrons. The van der Waals surface area contributed by atoms with Gasteiger partial charge in [0.1, 0.15) is 0 Å². The van der Waals surface area contributed by atoms with Crippen LogP contribution in [0.3, 0.4) is 0 Å². The van der Waals surface area contributed by atoms with Crippen molar-refractivity contribution < 1.29 is 18.3 Å². The molecule has 1 aromatic heterocycles. The molecule has 2 saturated heterocycles. The number of urea groups is 1. The highest BCUT2D eigenvalue weighted by Crippen LogP contribution is 2.15. The van der Waals surface area contributed by atoms with Crippen LogP contribution in [0, 0.1) is 0 Å². The molecule has 3 heterocycles. The maximum atomic E-state index is 12.4. The van der Waals surface area contributed by atoms with E-state index in [0.29, 0.717) is 38.4 Å². The van der Waals surface area contributed by atoms with Gasteiger partial charge in [-0.25, -0.2) is 13.6 Å².